The molecule has 0 aliphatic heterocycles. The van der Waals surface area contributed by atoms with E-state index >= 15 is 0 Å². The monoisotopic (exact) mass is 478 g/mol. The van der Waals surface area contributed by atoms with Crippen molar-refractivity contribution < 1.29 is 24.2 Å². The molecule has 0 bridgehead atoms. The highest BCUT2D eigenvalue weighted by atomic mass is 16.5. The molecule has 0 aromatic heterocycles. The van der Waals surface area contributed by atoms with E-state index < -0.39 is 30.1 Å². The molecule has 7 heteroatoms. The maximum atomic E-state index is 13.0. The first-order valence-electron chi connectivity index (χ1n) is 12.6. The van der Waals surface area contributed by atoms with Crippen molar-refractivity contribution in [2.45, 2.75) is 69.9 Å². The van der Waals surface area contributed by atoms with Crippen LogP contribution >= 0.6 is 0 Å². The molecular formula is C28H34N2O5. The molecule has 1 fully saturated rings. The van der Waals surface area contributed by atoms with Crippen LogP contribution < -0.4 is 10.6 Å². The highest BCUT2D eigenvalue weighted by molar-refractivity contribution is 5.86. The summed E-state index contributed by atoms with van der Waals surface area (Å²) in [5.74, 6) is -1.88. The highest BCUT2D eigenvalue weighted by Gasteiger charge is 2.34. The van der Waals surface area contributed by atoms with E-state index in [4.69, 9.17) is 4.74 Å². The molecule has 3 atom stereocenters. The van der Waals surface area contributed by atoms with Gasteiger partial charge in [-0.3, -0.25) is 9.59 Å². The maximum absolute atomic E-state index is 13.0. The van der Waals surface area contributed by atoms with Crippen LogP contribution in [-0.4, -0.2) is 41.8 Å². The molecule has 7 nitrogen and oxygen atoms in total. The van der Waals surface area contributed by atoms with Gasteiger partial charge in [0.05, 0.1) is 5.92 Å². The number of carboxylic acid groups (broad SMARTS) is 1. The number of carbonyl (C=O) groups is 3. The number of hydrogen-bond acceptors (Lipinski definition) is 4. The fourth-order valence-electron chi connectivity index (χ4n) is 5.34. The number of amides is 2. The van der Waals surface area contributed by atoms with Gasteiger partial charge in [0.25, 0.3) is 0 Å². The SMILES string of the molecule is CCCCC(NC(=O)OCC1c2ccccc2-c2ccccc21)C(=O)N[C@@H]1CCCC[C@@H]1C(=O)O. The molecule has 3 N–H and O–H groups in total. The Kier molecular flexibility index (Phi) is 8.06. The third kappa shape index (κ3) is 5.66. The van der Waals surface area contributed by atoms with Crippen LogP contribution in [0.3, 0.4) is 0 Å². The number of fused-ring (bicyclic) bond motifs is 3. The van der Waals surface area contributed by atoms with Crippen LogP contribution in [0.25, 0.3) is 11.1 Å². The summed E-state index contributed by atoms with van der Waals surface area (Å²) in [6, 6.07) is 15.1. The lowest BCUT2D eigenvalue weighted by atomic mass is 9.84. The number of aliphatic carboxylic acids is 1. The second kappa shape index (κ2) is 11.4. The Bertz CT molecular complexity index is 1020. The quantitative estimate of drug-likeness (QED) is 0.478. The number of ether oxygens (including phenoxy) is 1. The first-order valence-corrected chi connectivity index (χ1v) is 12.6. The fraction of sp³-hybridized carbons (Fsp3) is 0.464. The molecule has 1 unspecified atom stereocenters. The minimum Gasteiger partial charge on any atom is -0.481 e. The van der Waals surface area contributed by atoms with Gasteiger partial charge < -0.3 is 20.5 Å². The minimum atomic E-state index is -0.885. The van der Waals surface area contributed by atoms with Gasteiger partial charge in [0.2, 0.25) is 5.91 Å². The molecule has 2 aromatic rings. The molecule has 0 saturated heterocycles. The molecule has 2 aliphatic rings. The molecule has 2 aromatic carbocycles. The van der Waals surface area contributed by atoms with Gasteiger partial charge >= 0.3 is 12.1 Å². The Morgan fingerprint density at radius 1 is 1.00 bits per heavy atom. The number of hydrogen-bond donors (Lipinski definition) is 3. The number of benzene rings is 2. The van der Waals surface area contributed by atoms with E-state index in [0.717, 1.165) is 47.9 Å². The van der Waals surface area contributed by atoms with Crippen LogP contribution in [0.5, 0.6) is 0 Å². The smallest absolute Gasteiger partial charge is 0.407 e. The van der Waals surface area contributed by atoms with Gasteiger partial charge in [0.15, 0.2) is 0 Å². The van der Waals surface area contributed by atoms with Crippen LogP contribution in [0.4, 0.5) is 4.79 Å². The number of nitrogens with one attached hydrogen (secondary N) is 2. The van der Waals surface area contributed by atoms with Gasteiger partial charge in [-0.05, 0) is 41.5 Å². The lowest BCUT2D eigenvalue weighted by Crippen LogP contribution is -2.53. The zero-order valence-corrected chi connectivity index (χ0v) is 20.2. The van der Waals surface area contributed by atoms with Crippen molar-refractivity contribution in [3.8, 4) is 11.1 Å². The van der Waals surface area contributed by atoms with Gasteiger partial charge in [0.1, 0.15) is 12.6 Å². The molecule has 1 saturated carbocycles. The lowest BCUT2D eigenvalue weighted by Gasteiger charge is -2.30. The molecule has 2 aliphatic carbocycles. The lowest BCUT2D eigenvalue weighted by molar-refractivity contribution is -0.144. The van der Waals surface area contributed by atoms with Crippen molar-refractivity contribution in [2.24, 2.45) is 5.92 Å². The summed E-state index contributed by atoms with van der Waals surface area (Å²) in [5, 5.41) is 15.2. The van der Waals surface area contributed by atoms with Crippen LogP contribution in [0.2, 0.25) is 0 Å². The topological polar surface area (TPSA) is 105 Å². The van der Waals surface area contributed by atoms with Crippen LogP contribution in [0.1, 0.15) is 68.9 Å². The van der Waals surface area contributed by atoms with Gasteiger partial charge in [-0.2, -0.15) is 0 Å². The minimum absolute atomic E-state index is 0.0605. The first kappa shape index (κ1) is 24.8. The number of alkyl carbamates (subject to hydrolysis) is 1. The van der Waals surface area contributed by atoms with Crippen molar-refractivity contribution >= 4 is 18.0 Å². The molecule has 0 spiro atoms. The van der Waals surface area contributed by atoms with E-state index in [1.165, 1.54) is 0 Å². The summed E-state index contributed by atoms with van der Waals surface area (Å²) in [6.07, 6.45) is 4.38. The molecule has 0 heterocycles. The molecule has 186 valence electrons. The fourth-order valence-corrected chi connectivity index (χ4v) is 5.34. The molecule has 2 amide bonds. The van der Waals surface area contributed by atoms with Crippen LogP contribution in [0.15, 0.2) is 48.5 Å². The third-order valence-corrected chi connectivity index (χ3v) is 7.21. The van der Waals surface area contributed by atoms with E-state index in [1.54, 1.807) is 0 Å². The van der Waals surface area contributed by atoms with Crippen molar-refractivity contribution in [1.29, 1.82) is 0 Å². The second-order valence-corrected chi connectivity index (χ2v) is 9.51. The number of carbonyl (C=O) groups excluding carboxylic acids is 2. The Balaban J connectivity index is 1.39. The number of carboxylic acids is 1. The van der Waals surface area contributed by atoms with Crippen molar-refractivity contribution in [3.05, 3.63) is 59.7 Å². The van der Waals surface area contributed by atoms with E-state index in [0.29, 0.717) is 19.3 Å². The predicted octanol–water partition coefficient (Wildman–Crippen LogP) is 4.84. The Labute approximate surface area is 206 Å². The van der Waals surface area contributed by atoms with Crippen molar-refractivity contribution in [3.63, 3.8) is 0 Å². The standard InChI is InChI=1S/C28H34N2O5/c1-2-3-15-25(26(31)29-24-16-9-8-14-22(24)27(32)33)30-28(34)35-17-23-20-12-6-4-10-18(20)19-11-5-7-13-21(19)23/h4-7,10-13,22-25H,2-3,8-9,14-17H2,1H3,(H,29,31)(H,30,34)(H,32,33)/t22-,24+,25?/m0/s1. The van der Waals surface area contributed by atoms with Crippen LogP contribution in [-0.2, 0) is 14.3 Å². The van der Waals surface area contributed by atoms with Crippen molar-refractivity contribution in [1.82, 2.24) is 10.6 Å². The van der Waals surface area contributed by atoms with Gasteiger partial charge in [-0.15, -0.1) is 0 Å². The summed E-state index contributed by atoms with van der Waals surface area (Å²) < 4.78 is 5.63. The third-order valence-electron chi connectivity index (χ3n) is 7.21. The van der Waals surface area contributed by atoms with E-state index in [-0.39, 0.29) is 18.4 Å². The van der Waals surface area contributed by atoms with Crippen LogP contribution in [0, 0.1) is 5.92 Å². The molecule has 35 heavy (non-hydrogen) atoms. The Morgan fingerprint density at radius 3 is 2.26 bits per heavy atom. The second-order valence-electron chi connectivity index (χ2n) is 9.51. The van der Waals surface area contributed by atoms with Crippen molar-refractivity contribution in [2.75, 3.05) is 6.61 Å². The Hall–Kier alpha value is -3.35. The Morgan fingerprint density at radius 2 is 1.63 bits per heavy atom. The highest BCUT2D eigenvalue weighted by Crippen LogP contribution is 2.44. The summed E-state index contributed by atoms with van der Waals surface area (Å²) in [6.45, 7) is 2.19. The molecule has 0 radical (unpaired) electrons. The average Bonchev–Trinajstić information content (AvgIpc) is 3.19. The summed E-state index contributed by atoms with van der Waals surface area (Å²) in [4.78, 5) is 37.4. The van der Waals surface area contributed by atoms with E-state index in [1.807, 2.05) is 31.2 Å². The summed E-state index contributed by atoms with van der Waals surface area (Å²) in [5.41, 5.74) is 4.55. The zero-order chi connectivity index (χ0) is 24.8. The molecular weight excluding hydrogens is 444 g/mol. The average molecular weight is 479 g/mol. The van der Waals surface area contributed by atoms with Gasteiger partial charge in [-0.1, -0.05) is 81.1 Å². The van der Waals surface area contributed by atoms with E-state index in [2.05, 4.69) is 34.9 Å². The number of unbranched alkanes of at least 4 members (excludes halogenated alkanes) is 1. The first-order chi connectivity index (χ1) is 17.0. The summed E-state index contributed by atoms with van der Waals surface area (Å²) in [7, 11) is 0. The summed E-state index contributed by atoms with van der Waals surface area (Å²) >= 11 is 0. The largest absolute Gasteiger partial charge is 0.481 e. The van der Waals surface area contributed by atoms with Gasteiger partial charge in [-0.25, -0.2) is 4.79 Å². The number of rotatable bonds is 9. The molecule has 4 rings (SSSR count). The van der Waals surface area contributed by atoms with E-state index in [9.17, 15) is 19.5 Å². The zero-order valence-electron chi connectivity index (χ0n) is 20.2. The van der Waals surface area contributed by atoms with Gasteiger partial charge in [0, 0.05) is 12.0 Å². The normalized spacial score (nSPS) is 19.8. The maximum Gasteiger partial charge on any atom is 0.407 e. The predicted molar refractivity (Wildman–Crippen MR) is 133 cm³/mol.